The molecule has 7 nitrogen and oxygen atoms in total. The molecule has 3 rings (SSSR count). The van der Waals surface area contributed by atoms with Crippen LogP contribution in [0.3, 0.4) is 0 Å². The number of nitrogens with one attached hydrogen (secondary N) is 1. The highest BCUT2D eigenvalue weighted by molar-refractivity contribution is 5.95. The molecule has 3 aromatic heterocycles. The highest BCUT2D eigenvalue weighted by Gasteiger charge is 2.14. The van der Waals surface area contributed by atoms with Crippen molar-refractivity contribution in [2.45, 2.75) is 33.9 Å². The standard InChI is InChI=1S/C18H22N6O/c1-4-24-14(3)16(12-22-24)18(25)20-9-10-23-13(2)11-21-17(23)15-5-7-19-8-6-15/h5-8,11-12H,4,9-10H2,1-3H3,(H,20,25). The average molecular weight is 338 g/mol. The third kappa shape index (κ3) is 3.45. The zero-order valence-electron chi connectivity index (χ0n) is 14.7. The Kier molecular flexibility index (Phi) is 4.92. The van der Waals surface area contributed by atoms with Gasteiger partial charge in [0.05, 0.1) is 11.8 Å². The summed E-state index contributed by atoms with van der Waals surface area (Å²) in [6.07, 6.45) is 6.96. The van der Waals surface area contributed by atoms with Crippen molar-refractivity contribution in [1.29, 1.82) is 0 Å². The van der Waals surface area contributed by atoms with Crippen LogP contribution in [0.25, 0.3) is 11.4 Å². The van der Waals surface area contributed by atoms with Crippen molar-refractivity contribution in [3.63, 3.8) is 0 Å². The zero-order chi connectivity index (χ0) is 17.8. The van der Waals surface area contributed by atoms with Crippen LogP contribution < -0.4 is 5.32 Å². The van der Waals surface area contributed by atoms with E-state index >= 15 is 0 Å². The monoisotopic (exact) mass is 338 g/mol. The van der Waals surface area contributed by atoms with E-state index in [4.69, 9.17) is 0 Å². The molecule has 0 aliphatic carbocycles. The SMILES string of the molecule is CCn1ncc(C(=O)NCCn2c(C)cnc2-c2ccncc2)c1C. The largest absolute Gasteiger partial charge is 0.350 e. The zero-order valence-corrected chi connectivity index (χ0v) is 14.7. The van der Waals surface area contributed by atoms with Gasteiger partial charge in [-0.15, -0.1) is 0 Å². The summed E-state index contributed by atoms with van der Waals surface area (Å²) < 4.78 is 3.91. The molecule has 3 aromatic rings. The summed E-state index contributed by atoms with van der Waals surface area (Å²) in [5, 5.41) is 7.18. The molecular formula is C18H22N6O. The lowest BCUT2D eigenvalue weighted by Crippen LogP contribution is -2.28. The van der Waals surface area contributed by atoms with Gasteiger partial charge < -0.3 is 9.88 Å². The Hall–Kier alpha value is -2.96. The molecule has 0 spiro atoms. The Morgan fingerprint density at radius 3 is 2.64 bits per heavy atom. The molecule has 3 heterocycles. The van der Waals surface area contributed by atoms with E-state index in [9.17, 15) is 4.79 Å². The Morgan fingerprint density at radius 1 is 1.20 bits per heavy atom. The molecule has 0 saturated heterocycles. The van der Waals surface area contributed by atoms with E-state index in [0.717, 1.165) is 29.3 Å². The van der Waals surface area contributed by atoms with Crippen LogP contribution in [0.1, 0.15) is 28.7 Å². The van der Waals surface area contributed by atoms with Gasteiger partial charge in [0.15, 0.2) is 0 Å². The highest BCUT2D eigenvalue weighted by Crippen LogP contribution is 2.18. The predicted molar refractivity (Wildman–Crippen MR) is 95.2 cm³/mol. The molecule has 0 aromatic carbocycles. The number of pyridine rings is 1. The Bertz CT molecular complexity index is 865. The molecule has 0 saturated carbocycles. The second-order valence-corrected chi connectivity index (χ2v) is 5.83. The molecule has 25 heavy (non-hydrogen) atoms. The number of carbonyl (C=O) groups excluding carboxylic acids is 1. The van der Waals surface area contributed by atoms with Crippen molar-refractivity contribution < 1.29 is 4.79 Å². The maximum atomic E-state index is 12.4. The summed E-state index contributed by atoms with van der Waals surface area (Å²) in [6.45, 7) is 7.84. The van der Waals surface area contributed by atoms with E-state index in [2.05, 4.69) is 25.0 Å². The minimum Gasteiger partial charge on any atom is -0.350 e. The molecule has 0 unspecified atom stereocenters. The number of nitrogens with zero attached hydrogens (tertiary/aromatic N) is 5. The molecule has 0 aliphatic heterocycles. The minimum atomic E-state index is -0.0968. The number of imidazole rings is 1. The second-order valence-electron chi connectivity index (χ2n) is 5.83. The number of amides is 1. The summed E-state index contributed by atoms with van der Waals surface area (Å²) in [6, 6.07) is 3.86. The fourth-order valence-corrected chi connectivity index (χ4v) is 2.84. The number of carbonyl (C=O) groups is 1. The lowest BCUT2D eigenvalue weighted by molar-refractivity contribution is 0.0951. The smallest absolute Gasteiger partial charge is 0.254 e. The van der Waals surface area contributed by atoms with Gasteiger partial charge >= 0.3 is 0 Å². The van der Waals surface area contributed by atoms with Crippen LogP contribution in [0.2, 0.25) is 0 Å². The summed E-state index contributed by atoms with van der Waals surface area (Å²) in [7, 11) is 0. The van der Waals surface area contributed by atoms with Crippen LogP contribution >= 0.6 is 0 Å². The maximum absolute atomic E-state index is 12.4. The topological polar surface area (TPSA) is 77.6 Å². The summed E-state index contributed by atoms with van der Waals surface area (Å²) in [5.74, 6) is 0.782. The molecule has 0 atom stereocenters. The van der Waals surface area contributed by atoms with Crippen LogP contribution in [0, 0.1) is 13.8 Å². The van der Waals surface area contributed by atoms with Crippen molar-refractivity contribution in [2.75, 3.05) is 6.54 Å². The van der Waals surface area contributed by atoms with Gasteiger partial charge in [-0.05, 0) is 32.9 Å². The van der Waals surface area contributed by atoms with E-state index in [1.54, 1.807) is 18.6 Å². The van der Waals surface area contributed by atoms with Crippen molar-refractivity contribution in [3.8, 4) is 11.4 Å². The van der Waals surface area contributed by atoms with E-state index in [-0.39, 0.29) is 5.91 Å². The van der Waals surface area contributed by atoms with Crippen molar-refractivity contribution >= 4 is 5.91 Å². The minimum absolute atomic E-state index is 0.0968. The third-order valence-electron chi connectivity index (χ3n) is 4.26. The van der Waals surface area contributed by atoms with Crippen LogP contribution in [-0.4, -0.2) is 36.8 Å². The Balaban J connectivity index is 1.67. The third-order valence-corrected chi connectivity index (χ3v) is 4.26. The van der Waals surface area contributed by atoms with Crippen LogP contribution in [0.15, 0.2) is 36.9 Å². The van der Waals surface area contributed by atoms with E-state index < -0.39 is 0 Å². The summed E-state index contributed by atoms with van der Waals surface area (Å²) in [4.78, 5) is 20.9. The lowest BCUT2D eigenvalue weighted by Gasteiger charge is -2.11. The van der Waals surface area contributed by atoms with E-state index in [0.29, 0.717) is 18.7 Å². The first-order valence-electron chi connectivity index (χ1n) is 8.35. The average Bonchev–Trinajstić information content (AvgIpc) is 3.18. The maximum Gasteiger partial charge on any atom is 0.254 e. The summed E-state index contributed by atoms with van der Waals surface area (Å²) in [5.41, 5.74) is 3.57. The van der Waals surface area contributed by atoms with Crippen molar-refractivity contribution in [1.82, 2.24) is 29.6 Å². The van der Waals surface area contributed by atoms with Crippen LogP contribution in [0.5, 0.6) is 0 Å². The number of rotatable bonds is 6. The lowest BCUT2D eigenvalue weighted by atomic mass is 10.2. The van der Waals surface area contributed by atoms with Crippen LogP contribution in [0.4, 0.5) is 0 Å². The second kappa shape index (κ2) is 7.29. The van der Waals surface area contributed by atoms with Crippen LogP contribution in [-0.2, 0) is 13.1 Å². The molecule has 0 bridgehead atoms. The number of aryl methyl sites for hydroxylation is 2. The van der Waals surface area contributed by atoms with Gasteiger partial charge in [-0.2, -0.15) is 5.10 Å². The van der Waals surface area contributed by atoms with Gasteiger partial charge in [-0.3, -0.25) is 14.5 Å². The molecule has 0 aliphatic rings. The van der Waals surface area contributed by atoms with Gasteiger partial charge in [-0.25, -0.2) is 4.98 Å². The first kappa shape index (κ1) is 16.9. The molecular weight excluding hydrogens is 316 g/mol. The number of aromatic nitrogens is 5. The normalized spacial score (nSPS) is 10.8. The fraction of sp³-hybridized carbons (Fsp3) is 0.333. The molecule has 1 amide bonds. The molecule has 130 valence electrons. The fourth-order valence-electron chi connectivity index (χ4n) is 2.84. The van der Waals surface area contributed by atoms with Crippen molar-refractivity contribution in [3.05, 3.63) is 53.9 Å². The van der Waals surface area contributed by atoms with Gasteiger partial charge in [0.25, 0.3) is 5.91 Å². The Morgan fingerprint density at radius 2 is 1.96 bits per heavy atom. The van der Waals surface area contributed by atoms with Gasteiger partial charge in [-0.1, -0.05) is 0 Å². The Labute approximate surface area is 146 Å². The van der Waals surface area contributed by atoms with Crippen molar-refractivity contribution in [2.24, 2.45) is 0 Å². The summed E-state index contributed by atoms with van der Waals surface area (Å²) >= 11 is 0. The van der Waals surface area contributed by atoms with Gasteiger partial charge in [0.2, 0.25) is 0 Å². The molecule has 0 fully saturated rings. The number of hydrogen-bond donors (Lipinski definition) is 1. The molecule has 1 N–H and O–H groups in total. The van der Waals surface area contributed by atoms with E-state index in [1.165, 1.54) is 0 Å². The molecule has 7 heteroatoms. The van der Waals surface area contributed by atoms with E-state index in [1.807, 2.05) is 43.8 Å². The predicted octanol–water partition coefficient (Wildman–Crippen LogP) is 2.21. The molecule has 0 radical (unpaired) electrons. The van der Waals surface area contributed by atoms with Gasteiger partial charge in [0.1, 0.15) is 5.82 Å². The quantitative estimate of drug-likeness (QED) is 0.747. The first-order chi connectivity index (χ1) is 12.1. The number of hydrogen-bond acceptors (Lipinski definition) is 4. The van der Waals surface area contributed by atoms with Gasteiger partial charge in [0, 0.05) is 55.2 Å². The first-order valence-corrected chi connectivity index (χ1v) is 8.35. The highest BCUT2D eigenvalue weighted by atomic mass is 16.1.